The van der Waals surface area contributed by atoms with Crippen molar-refractivity contribution in [3.63, 3.8) is 0 Å². The molecule has 1 aliphatic carbocycles. The molecule has 12 heteroatoms. The minimum absolute atomic E-state index is 0.0686. The molecule has 1 aromatic carbocycles. The molecule has 0 radical (unpaired) electrons. The smallest absolute Gasteiger partial charge is 0.455 e. The van der Waals surface area contributed by atoms with Crippen molar-refractivity contribution in [2.75, 3.05) is 13.7 Å². The van der Waals surface area contributed by atoms with Gasteiger partial charge in [0.1, 0.15) is 0 Å². The first kappa shape index (κ1) is 35.1. The summed E-state index contributed by atoms with van der Waals surface area (Å²) in [5.41, 5.74) is 4.74. The molecule has 2 amide bonds. The summed E-state index contributed by atoms with van der Waals surface area (Å²) in [5, 5.41) is 30.3. The number of phenols is 1. The van der Waals surface area contributed by atoms with E-state index in [1.54, 1.807) is 12.3 Å². The SMILES string of the molecule is COc1cc(/C=C(/CC[C@H]2OB(O)C[C@H]3C2=C(C(C)C)C[C@H]2C(=O)N(CCCCCC(=O)O)C(=O)[C@H]23)c2ccccn2)cc(I)c1O. The van der Waals surface area contributed by atoms with Crippen LogP contribution in [0.25, 0.3) is 11.6 Å². The van der Waals surface area contributed by atoms with Crippen LogP contribution in [0.3, 0.4) is 0 Å². The first-order chi connectivity index (χ1) is 22.5. The second kappa shape index (κ2) is 15.3. The number of hydrogen-bond acceptors (Lipinski definition) is 8. The average Bonchev–Trinajstić information content (AvgIpc) is 3.28. The fourth-order valence-corrected chi connectivity index (χ4v) is 8.03. The Balaban J connectivity index is 1.42. The fraction of sp³-hybridized carbons (Fsp3) is 0.486. The summed E-state index contributed by atoms with van der Waals surface area (Å²) in [6.45, 7) is 4.48. The molecule has 2 aliphatic heterocycles. The molecule has 2 aromatic rings. The molecule has 250 valence electrons. The number of unbranched alkanes of at least 4 members (excludes halogenated alkanes) is 2. The van der Waals surface area contributed by atoms with E-state index in [2.05, 4.69) is 41.4 Å². The van der Waals surface area contributed by atoms with Crippen LogP contribution in [-0.4, -0.2) is 69.8 Å². The summed E-state index contributed by atoms with van der Waals surface area (Å²) in [6.07, 6.45) is 6.89. The molecule has 0 unspecified atom stereocenters. The van der Waals surface area contributed by atoms with Crippen molar-refractivity contribution in [2.45, 2.75) is 71.2 Å². The maximum Gasteiger partial charge on any atom is 0.455 e. The van der Waals surface area contributed by atoms with Crippen LogP contribution in [0.2, 0.25) is 6.32 Å². The topological polar surface area (TPSA) is 146 Å². The van der Waals surface area contributed by atoms with E-state index < -0.39 is 31.0 Å². The lowest BCUT2D eigenvalue weighted by molar-refractivity contribution is -0.141. The molecule has 3 N–H and O–H groups in total. The largest absolute Gasteiger partial charge is 0.504 e. The summed E-state index contributed by atoms with van der Waals surface area (Å²) >= 11 is 2.07. The number of fused-ring (bicyclic) bond motifs is 3. The molecule has 1 aromatic heterocycles. The Bertz CT molecular complexity index is 1560. The molecule has 47 heavy (non-hydrogen) atoms. The number of hydrogen-bond donors (Lipinski definition) is 3. The monoisotopic (exact) mass is 756 g/mol. The van der Waals surface area contributed by atoms with Crippen molar-refractivity contribution in [1.82, 2.24) is 9.88 Å². The molecule has 0 bridgehead atoms. The zero-order valence-electron chi connectivity index (χ0n) is 27.0. The van der Waals surface area contributed by atoms with Crippen LogP contribution in [0.4, 0.5) is 0 Å². The van der Waals surface area contributed by atoms with Crippen molar-refractivity contribution < 1.29 is 39.0 Å². The maximum absolute atomic E-state index is 13.8. The third kappa shape index (κ3) is 7.75. The number of pyridine rings is 1. The lowest BCUT2D eigenvalue weighted by atomic mass is 9.57. The fourth-order valence-electron chi connectivity index (χ4n) is 7.41. The molecule has 3 aliphatic rings. The molecule has 0 spiro atoms. The second-order valence-corrected chi connectivity index (χ2v) is 14.1. The summed E-state index contributed by atoms with van der Waals surface area (Å²) in [5.74, 6) is -1.94. The van der Waals surface area contributed by atoms with Crippen molar-refractivity contribution >= 4 is 59.1 Å². The third-order valence-corrected chi connectivity index (χ3v) is 10.4. The molecular weight excluding hydrogens is 714 g/mol. The van der Waals surface area contributed by atoms with E-state index in [9.17, 15) is 24.5 Å². The predicted octanol–water partition coefficient (Wildman–Crippen LogP) is 5.82. The van der Waals surface area contributed by atoms with Gasteiger partial charge in [-0.25, -0.2) is 0 Å². The molecular formula is C35H42BIN2O8. The highest BCUT2D eigenvalue weighted by Crippen LogP contribution is 2.52. The number of aliphatic carboxylic acids is 1. The summed E-state index contributed by atoms with van der Waals surface area (Å²) in [6, 6.07) is 9.38. The number of phenolic OH excluding ortho intramolecular Hbond substituents is 1. The number of carbonyl (C=O) groups excluding carboxylic acids is 2. The van der Waals surface area contributed by atoms with Gasteiger partial charge >= 0.3 is 13.1 Å². The van der Waals surface area contributed by atoms with Crippen molar-refractivity contribution in [3.05, 3.63) is 62.5 Å². The third-order valence-electron chi connectivity index (χ3n) is 9.59. The standard InChI is InChI=1S/C35H42BIN2O8/c1-20(2)23-18-24-32(35(44)39(34(24)43)14-8-4-5-10-30(40)41)25-19-36(45)47-28(31(23)25)12-11-22(27-9-6-7-13-38-27)15-21-16-26(37)33(42)29(17-21)46-3/h6-7,9,13,15-17,20,24-25,28,32,42,45H,4-5,8,10-12,14,18-19H2,1-3H3,(H,40,41)/b22-15-/t24-,25+,28-,32-/m1/s1. The zero-order chi connectivity index (χ0) is 33.8. The minimum Gasteiger partial charge on any atom is -0.504 e. The summed E-state index contributed by atoms with van der Waals surface area (Å²) in [7, 11) is 0.443. The lowest BCUT2D eigenvalue weighted by Crippen LogP contribution is -2.46. The van der Waals surface area contributed by atoms with Gasteiger partial charge in [0.25, 0.3) is 0 Å². The van der Waals surface area contributed by atoms with Gasteiger partial charge in [0, 0.05) is 19.2 Å². The zero-order valence-corrected chi connectivity index (χ0v) is 29.2. The molecule has 5 rings (SSSR count). The number of benzene rings is 1. The number of allylic oxidation sites excluding steroid dienone is 2. The van der Waals surface area contributed by atoms with Gasteiger partial charge in [-0.05, 0) is 120 Å². The van der Waals surface area contributed by atoms with Crippen molar-refractivity contribution in [3.8, 4) is 11.5 Å². The van der Waals surface area contributed by atoms with Gasteiger partial charge in [-0.2, -0.15) is 0 Å². The Morgan fingerprint density at radius 2 is 1.96 bits per heavy atom. The molecule has 2 saturated heterocycles. The lowest BCUT2D eigenvalue weighted by Gasteiger charge is -2.44. The van der Waals surface area contributed by atoms with Gasteiger partial charge in [-0.15, -0.1) is 0 Å². The van der Waals surface area contributed by atoms with Gasteiger partial charge in [0.15, 0.2) is 11.5 Å². The first-order valence-corrected chi connectivity index (χ1v) is 17.4. The number of carbonyl (C=O) groups is 3. The highest BCUT2D eigenvalue weighted by atomic mass is 127. The van der Waals surface area contributed by atoms with Gasteiger partial charge in [-0.3, -0.25) is 24.3 Å². The number of carboxylic acids is 1. The number of aromatic nitrogens is 1. The minimum atomic E-state index is -1.07. The van der Waals surface area contributed by atoms with Gasteiger partial charge < -0.3 is 24.6 Å². The van der Waals surface area contributed by atoms with Crippen LogP contribution < -0.4 is 4.74 Å². The Morgan fingerprint density at radius 3 is 2.64 bits per heavy atom. The molecule has 10 nitrogen and oxygen atoms in total. The van der Waals surface area contributed by atoms with E-state index in [1.807, 2.05) is 30.3 Å². The maximum atomic E-state index is 13.8. The number of aromatic hydroxyl groups is 1. The van der Waals surface area contributed by atoms with E-state index in [0.717, 1.165) is 28.0 Å². The van der Waals surface area contributed by atoms with Gasteiger partial charge in [0.05, 0.1) is 34.3 Å². The molecule has 3 heterocycles. The van der Waals surface area contributed by atoms with E-state index in [-0.39, 0.29) is 48.7 Å². The number of halogens is 1. The van der Waals surface area contributed by atoms with E-state index >= 15 is 0 Å². The van der Waals surface area contributed by atoms with Crippen LogP contribution in [-0.2, 0) is 19.0 Å². The Kier molecular flexibility index (Phi) is 11.4. The summed E-state index contributed by atoms with van der Waals surface area (Å²) in [4.78, 5) is 44.3. The first-order valence-electron chi connectivity index (χ1n) is 16.3. The second-order valence-electron chi connectivity index (χ2n) is 12.9. The number of ether oxygens (including phenoxy) is 1. The number of rotatable bonds is 13. The van der Waals surface area contributed by atoms with E-state index in [0.29, 0.717) is 47.8 Å². The number of methoxy groups -OCH3 is 1. The van der Waals surface area contributed by atoms with E-state index in [1.165, 1.54) is 12.0 Å². The van der Waals surface area contributed by atoms with Gasteiger partial charge in [0.2, 0.25) is 11.8 Å². The number of imide groups is 1. The number of likely N-dealkylation sites (tertiary alicyclic amines) is 1. The molecule has 4 atom stereocenters. The molecule has 2 fully saturated rings. The Hall–Kier alpha value is -3.23. The Labute approximate surface area is 289 Å². The normalized spacial score (nSPS) is 23.0. The molecule has 0 saturated carbocycles. The van der Waals surface area contributed by atoms with Crippen molar-refractivity contribution in [1.29, 1.82) is 0 Å². The van der Waals surface area contributed by atoms with Crippen LogP contribution in [0.15, 0.2) is 47.7 Å². The Morgan fingerprint density at radius 1 is 1.17 bits per heavy atom. The summed E-state index contributed by atoms with van der Waals surface area (Å²) < 4.78 is 12.3. The van der Waals surface area contributed by atoms with Crippen LogP contribution >= 0.6 is 22.6 Å². The highest BCUT2D eigenvalue weighted by Gasteiger charge is 2.57. The van der Waals surface area contributed by atoms with Crippen molar-refractivity contribution in [2.24, 2.45) is 23.7 Å². The van der Waals surface area contributed by atoms with Crippen LogP contribution in [0, 0.1) is 27.2 Å². The number of amides is 2. The van der Waals surface area contributed by atoms with Crippen LogP contribution in [0.5, 0.6) is 11.5 Å². The van der Waals surface area contributed by atoms with Crippen LogP contribution in [0.1, 0.15) is 70.1 Å². The quantitative estimate of drug-likeness (QED) is 0.0757. The number of carboxylic acid groups (broad SMARTS) is 1. The number of nitrogens with zero attached hydrogens (tertiary/aromatic N) is 2. The average molecular weight is 756 g/mol. The highest BCUT2D eigenvalue weighted by molar-refractivity contribution is 14.1. The predicted molar refractivity (Wildman–Crippen MR) is 186 cm³/mol. The van der Waals surface area contributed by atoms with E-state index in [4.69, 9.17) is 14.5 Å². The van der Waals surface area contributed by atoms with Gasteiger partial charge in [-0.1, -0.05) is 31.9 Å².